The van der Waals surface area contributed by atoms with Crippen LogP contribution in [0.4, 0.5) is 0 Å². The van der Waals surface area contributed by atoms with Gasteiger partial charge in [0.1, 0.15) is 0 Å². The number of nitrogens with zero attached hydrogens (tertiary/aromatic N) is 1. The van der Waals surface area contributed by atoms with Crippen molar-refractivity contribution in [3.05, 3.63) is 41.9 Å². The van der Waals surface area contributed by atoms with Crippen molar-refractivity contribution in [2.45, 2.75) is 12.3 Å². The third-order valence-corrected chi connectivity index (χ3v) is 1.96. The van der Waals surface area contributed by atoms with Crippen molar-refractivity contribution in [2.24, 2.45) is 0 Å². The average molecular weight is 147 g/mol. The fraction of sp³-hybridized carbons (Fsp3) is 0.222. The zero-order valence-corrected chi connectivity index (χ0v) is 6.07. The molecule has 0 amide bonds. The molecule has 1 heterocycles. The molecule has 1 atom stereocenters. The van der Waals surface area contributed by atoms with Gasteiger partial charge in [0.2, 0.25) is 0 Å². The Hall–Kier alpha value is -1.31. The van der Waals surface area contributed by atoms with Crippen LogP contribution in [0.5, 0.6) is 0 Å². The van der Waals surface area contributed by atoms with E-state index >= 15 is 0 Å². The minimum atomic E-state index is 0.415. The topological polar surface area (TPSA) is 33.1 Å². The van der Waals surface area contributed by atoms with Crippen LogP contribution in [-0.4, -0.2) is 10.1 Å². The Bertz CT molecular complexity index is 279. The van der Waals surface area contributed by atoms with Crippen molar-refractivity contribution in [1.29, 1.82) is 0 Å². The Morgan fingerprint density at radius 2 is 2.00 bits per heavy atom. The Balaban J connectivity index is 2.20. The SMILES string of the molecule is OC1=CC(c2ccncc2)C1. The van der Waals surface area contributed by atoms with Crippen LogP contribution < -0.4 is 0 Å². The lowest BCUT2D eigenvalue weighted by atomic mass is 9.87. The molecular formula is C9H9NO. The van der Waals surface area contributed by atoms with Crippen LogP contribution in [0.1, 0.15) is 17.9 Å². The van der Waals surface area contributed by atoms with Crippen LogP contribution in [0.15, 0.2) is 36.4 Å². The minimum absolute atomic E-state index is 0.415. The summed E-state index contributed by atoms with van der Waals surface area (Å²) in [5.74, 6) is 0.921. The number of allylic oxidation sites excluding steroid dienone is 2. The molecule has 2 nitrogen and oxygen atoms in total. The summed E-state index contributed by atoms with van der Waals surface area (Å²) in [6, 6.07) is 3.96. The molecule has 1 aromatic rings. The lowest BCUT2D eigenvalue weighted by Crippen LogP contribution is -2.07. The van der Waals surface area contributed by atoms with Gasteiger partial charge in [-0.05, 0) is 23.8 Å². The van der Waals surface area contributed by atoms with Crippen LogP contribution in [0.25, 0.3) is 0 Å². The summed E-state index contributed by atoms with van der Waals surface area (Å²) >= 11 is 0. The summed E-state index contributed by atoms with van der Waals surface area (Å²) in [5.41, 5.74) is 1.23. The van der Waals surface area contributed by atoms with Crippen LogP contribution in [0.3, 0.4) is 0 Å². The van der Waals surface area contributed by atoms with Gasteiger partial charge >= 0.3 is 0 Å². The van der Waals surface area contributed by atoms with E-state index in [4.69, 9.17) is 5.11 Å². The van der Waals surface area contributed by atoms with Gasteiger partial charge in [-0.1, -0.05) is 0 Å². The molecule has 1 unspecified atom stereocenters. The predicted octanol–water partition coefficient (Wildman–Crippen LogP) is 2.01. The minimum Gasteiger partial charge on any atom is -0.513 e. The maximum atomic E-state index is 8.93. The second-order valence-electron chi connectivity index (χ2n) is 2.75. The van der Waals surface area contributed by atoms with Crippen molar-refractivity contribution < 1.29 is 5.11 Å². The number of aromatic nitrogens is 1. The molecular weight excluding hydrogens is 138 g/mol. The van der Waals surface area contributed by atoms with Gasteiger partial charge in [-0.25, -0.2) is 0 Å². The standard InChI is InChI=1S/C9H9NO/c11-9-5-8(6-9)7-1-3-10-4-2-7/h1-5,8,11H,6H2. The smallest absolute Gasteiger partial charge is 0.0898 e. The molecule has 56 valence electrons. The second-order valence-corrected chi connectivity index (χ2v) is 2.75. The lowest BCUT2D eigenvalue weighted by molar-refractivity contribution is 0.349. The fourth-order valence-electron chi connectivity index (χ4n) is 1.25. The molecule has 0 spiro atoms. The number of rotatable bonds is 1. The monoisotopic (exact) mass is 147 g/mol. The van der Waals surface area contributed by atoms with Gasteiger partial charge in [0.15, 0.2) is 0 Å². The van der Waals surface area contributed by atoms with Gasteiger partial charge in [-0.15, -0.1) is 0 Å². The van der Waals surface area contributed by atoms with Crippen LogP contribution >= 0.6 is 0 Å². The molecule has 0 aromatic carbocycles. The zero-order chi connectivity index (χ0) is 7.68. The molecule has 11 heavy (non-hydrogen) atoms. The highest BCUT2D eigenvalue weighted by atomic mass is 16.3. The first-order chi connectivity index (χ1) is 5.36. The molecule has 1 aromatic heterocycles. The predicted molar refractivity (Wildman–Crippen MR) is 42.3 cm³/mol. The molecule has 0 bridgehead atoms. The summed E-state index contributed by atoms with van der Waals surface area (Å²) in [6.07, 6.45) is 6.20. The molecule has 1 N–H and O–H groups in total. The quantitative estimate of drug-likeness (QED) is 0.659. The van der Waals surface area contributed by atoms with Gasteiger partial charge in [-0.3, -0.25) is 4.98 Å². The summed E-state index contributed by atoms with van der Waals surface area (Å²) in [6.45, 7) is 0. The van der Waals surface area contributed by atoms with Crippen molar-refractivity contribution in [3.63, 3.8) is 0 Å². The van der Waals surface area contributed by atoms with Crippen molar-refractivity contribution in [2.75, 3.05) is 0 Å². The van der Waals surface area contributed by atoms with E-state index < -0.39 is 0 Å². The average Bonchev–Trinajstić information content (AvgIpc) is 2.01. The molecule has 1 aliphatic carbocycles. The maximum Gasteiger partial charge on any atom is 0.0898 e. The largest absolute Gasteiger partial charge is 0.513 e. The van der Waals surface area contributed by atoms with Gasteiger partial charge in [0, 0.05) is 24.7 Å². The van der Waals surface area contributed by atoms with E-state index in [9.17, 15) is 0 Å². The fourth-order valence-corrected chi connectivity index (χ4v) is 1.25. The zero-order valence-electron chi connectivity index (χ0n) is 6.07. The van der Waals surface area contributed by atoms with Crippen LogP contribution in [0, 0.1) is 0 Å². The molecule has 2 heteroatoms. The second kappa shape index (κ2) is 2.38. The van der Waals surface area contributed by atoms with Crippen molar-refractivity contribution in [3.8, 4) is 0 Å². The number of aliphatic hydroxyl groups excluding tert-OH is 1. The van der Waals surface area contributed by atoms with E-state index in [1.54, 1.807) is 12.4 Å². The molecule has 2 rings (SSSR count). The van der Waals surface area contributed by atoms with Gasteiger partial charge in [0.05, 0.1) is 5.76 Å². The highest BCUT2D eigenvalue weighted by Gasteiger charge is 2.19. The summed E-state index contributed by atoms with van der Waals surface area (Å²) < 4.78 is 0. The van der Waals surface area contributed by atoms with Crippen LogP contribution in [-0.2, 0) is 0 Å². The summed E-state index contributed by atoms with van der Waals surface area (Å²) in [5, 5.41) is 8.93. The Kier molecular flexibility index (Phi) is 1.39. The Morgan fingerprint density at radius 1 is 1.36 bits per heavy atom. The van der Waals surface area contributed by atoms with E-state index in [1.165, 1.54) is 5.56 Å². The van der Waals surface area contributed by atoms with E-state index in [0.717, 1.165) is 6.42 Å². The summed E-state index contributed by atoms with van der Waals surface area (Å²) in [4.78, 5) is 3.92. The van der Waals surface area contributed by atoms with Crippen molar-refractivity contribution in [1.82, 2.24) is 4.98 Å². The van der Waals surface area contributed by atoms with E-state index in [1.807, 2.05) is 18.2 Å². The third-order valence-electron chi connectivity index (χ3n) is 1.96. The van der Waals surface area contributed by atoms with Gasteiger partial charge < -0.3 is 5.11 Å². The number of hydrogen-bond donors (Lipinski definition) is 1. The lowest BCUT2D eigenvalue weighted by Gasteiger charge is -2.20. The van der Waals surface area contributed by atoms with E-state index in [0.29, 0.717) is 11.7 Å². The molecule has 0 saturated heterocycles. The van der Waals surface area contributed by atoms with Gasteiger partial charge in [0.25, 0.3) is 0 Å². The van der Waals surface area contributed by atoms with Gasteiger partial charge in [-0.2, -0.15) is 0 Å². The van der Waals surface area contributed by atoms with E-state index in [2.05, 4.69) is 4.98 Å². The molecule has 0 fully saturated rings. The Labute approximate surface area is 65.2 Å². The molecule has 0 saturated carbocycles. The highest BCUT2D eigenvalue weighted by molar-refractivity contribution is 5.29. The molecule has 1 aliphatic rings. The first kappa shape index (κ1) is 6.40. The normalized spacial score (nSPS) is 22.2. The third kappa shape index (κ3) is 1.11. The summed E-state index contributed by atoms with van der Waals surface area (Å²) in [7, 11) is 0. The highest BCUT2D eigenvalue weighted by Crippen LogP contribution is 2.32. The maximum absolute atomic E-state index is 8.93. The number of hydrogen-bond acceptors (Lipinski definition) is 2. The number of aliphatic hydroxyl groups is 1. The van der Waals surface area contributed by atoms with E-state index in [-0.39, 0.29) is 0 Å². The first-order valence-electron chi connectivity index (χ1n) is 3.66. The molecule has 0 radical (unpaired) electrons. The number of pyridine rings is 1. The molecule has 0 aliphatic heterocycles. The first-order valence-corrected chi connectivity index (χ1v) is 3.66. The Morgan fingerprint density at radius 3 is 2.55 bits per heavy atom. The van der Waals surface area contributed by atoms with Crippen molar-refractivity contribution >= 4 is 0 Å². The van der Waals surface area contributed by atoms with Crippen LogP contribution in [0.2, 0.25) is 0 Å².